The molecule has 8 heavy (non-hydrogen) atoms. The average molecular weight is 133 g/mol. The van der Waals surface area contributed by atoms with Gasteiger partial charge in [-0.2, -0.15) is 0 Å². The van der Waals surface area contributed by atoms with Gasteiger partial charge in [0.15, 0.2) is 0 Å². The van der Waals surface area contributed by atoms with Crippen LogP contribution in [0.3, 0.4) is 0 Å². The summed E-state index contributed by atoms with van der Waals surface area (Å²) in [7, 11) is 0. The van der Waals surface area contributed by atoms with Crippen molar-refractivity contribution in [2.75, 3.05) is 5.75 Å². The van der Waals surface area contributed by atoms with E-state index in [1.807, 2.05) is 13.8 Å². The van der Waals surface area contributed by atoms with Crippen LogP contribution in [0.25, 0.3) is 0 Å². The topological polar surface area (TPSA) is 23.1 Å². The minimum absolute atomic E-state index is 0.303. The molecule has 0 aromatic heterocycles. The van der Waals surface area contributed by atoms with Crippen molar-refractivity contribution in [1.82, 2.24) is 0 Å². The van der Waals surface area contributed by atoms with E-state index in [9.17, 15) is 4.55 Å². The Morgan fingerprint density at radius 3 is 2.25 bits per heavy atom. The zero-order chi connectivity index (χ0) is 6.57. The highest BCUT2D eigenvalue weighted by atomic mass is 32.2. The summed E-state index contributed by atoms with van der Waals surface area (Å²) < 4.78 is 10.8. The maximum absolute atomic E-state index is 10.8. The fraction of sp³-hybridized carbons (Fsp3) is 0.833. The van der Waals surface area contributed by atoms with Gasteiger partial charge in [-0.1, -0.05) is 11.2 Å². The standard InChI is InChI=1S/C6H13OS/c1-4-5-8(7)6(2)3/h6H,1,4-5H2,2-3H3. The molecular formula is C6H13OS. The van der Waals surface area contributed by atoms with Crippen LogP contribution in [0, 0.1) is 6.92 Å². The SMILES string of the molecule is [CH2]CC[S+]([O-])C(C)C. The Morgan fingerprint density at radius 2 is 2.12 bits per heavy atom. The molecule has 0 fully saturated rings. The molecular weight excluding hydrogens is 120 g/mol. The third-order valence-corrected chi connectivity index (χ3v) is 2.61. The van der Waals surface area contributed by atoms with Gasteiger partial charge < -0.3 is 4.55 Å². The molecule has 0 rings (SSSR count). The van der Waals surface area contributed by atoms with Crippen LogP contribution in [-0.4, -0.2) is 15.6 Å². The van der Waals surface area contributed by atoms with E-state index >= 15 is 0 Å². The molecule has 1 unspecified atom stereocenters. The molecule has 0 aliphatic rings. The van der Waals surface area contributed by atoms with E-state index in [4.69, 9.17) is 0 Å². The summed E-state index contributed by atoms with van der Waals surface area (Å²) in [5.41, 5.74) is 0. The monoisotopic (exact) mass is 133 g/mol. The summed E-state index contributed by atoms with van der Waals surface area (Å²) >= 11 is -0.634. The van der Waals surface area contributed by atoms with Crippen LogP contribution in [0.1, 0.15) is 20.3 Å². The molecule has 1 nitrogen and oxygen atoms in total. The maximum Gasteiger partial charge on any atom is 0.110 e. The van der Waals surface area contributed by atoms with Crippen molar-refractivity contribution in [2.45, 2.75) is 25.5 Å². The zero-order valence-electron chi connectivity index (χ0n) is 5.52. The van der Waals surface area contributed by atoms with Gasteiger partial charge in [-0.25, -0.2) is 0 Å². The van der Waals surface area contributed by atoms with Crippen LogP contribution in [0.4, 0.5) is 0 Å². The van der Waals surface area contributed by atoms with Crippen molar-refractivity contribution in [3.05, 3.63) is 6.92 Å². The lowest BCUT2D eigenvalue weighted by Crippen LogP contribution is -2.16. The highest BCUT2D eigenvalue weighted by Gasteiger charge is 2.07. The molecule has 2 heteroatoms. The van der Waals surface area contributed by atoms with Gasteiger partial charge >= 0.3 is 0 Å². The molecule has 0 amide bonds. The molecule has 0 aliphatic carbocycles. The Kier molecular flexibility index (Phi) is 4.38. The predicted molar refractivity (Wildman–Crippen MR) is 38.1 cm³/mol. The summed E-state index contributed by atoms with van der Waals surface area (Å²) in [6.45, 7) is 7.54. The Hall–Kier alpha value is 0.310. The lowest BCUT2D eigenvalue weighted by atomic mass is 10.6. The third kappa shape index (κ3) is 3.33. The summed E-state index contributed by atoms with van der Waals surface area (Å²) in [5, 5.41) is 0.303. The quantitative estimate of drug-likeness (QED) is 0.533. The second kappa shape index (κ2) is 4.21. The summed E-state index contributed by atoms with van der Waals surface area (Å²) in [5.74, 6) is 0.748. The second-order valence-electron chi connectivity index (χ2n) is 1.99. The summed E-state index contributed by atoms with van der Waals surface area (Å²) in [6, 6.07) is 0. The first-order chi connectivity index (χ1) is 3.68. The van der Waals surface area contributed by atoms with Gasteiger partial charge in [-0.15, -0.1) is 0 Å². The smallest absolute Gasteiger partial charge is 0.110 e. The largest absolute Gasteiger partial charge is 0.616 e. The van der Waals surface area contributed by atoms with E-state index in [-0.39, 0.29) is 0 Å². The molecule has 0 bridgehead atoms. The van der Waals surface area contributed by atoms with E-state index in [1.54, 1.807) is 0 Å². The fourth-order valence-corrected chi connectivity index (χ4v) is 1.13. The van der Waals surface area contributed by atoms with Gasteiger partial charge in [0.05, 0.1) is 0 Å². The first kappa shape index (κ1) is 8.31. The van der Waals surface area contributed by atoms with Crippen molar-refractivity contribution < 1.29 is 4.55 Å². The molecule has 0 saturated carbocycles. The highest BCUT2D eigenvalue weighted by Crippen LogP contribution is 2.00. The summed E-state index contributed by atoms with van der Waals surface area (Å²) in [6.07, 6.45) is 0.783. The molecule has 0 saturated heterocycles. The Bertz CT molecular complexity index is 54.5. The van der Waals surface area contributed by atoms with Crippen molar-refractivity contribution in [2.24, 2.45) is 0 Å². The molecule has 1 radical (unpaired) electrons. The Labute approximate surface area is 54.7 Å². The Morgan fingerprint density at radius 1 is 1.62 bits per heavy atom. The number of hydrogen-bond donors (Lipinski definition) is 0. The van der Waals surface area contributed by atoms with Crippen LogP contribution in [0.5, 0.6) is 0 Å². The molecule has 0 heterocycles. The van der Waals surface area contributed by atoms with Crippen molar-refractivity contribution in [3.63, 3.8) is 0 Å². The third-order valence-electron chi connectivity index (χ3n) is 0.871. The van der Waals surface area contributed by atoms with E-state index in [0.717, 1.165) is 12.2 Å². The average Bonchev–Trinajstić information content (AvgIpc) is 1.67. The van der Waals surface area contributed by atoms with Crippen LogP contribution >= 0.6 is 0 Å². The van der Waals surface area contributed by atoms with Crippen molar-refractivity contribution >= 4 is 11.2 Å². The van der Waals surface area contributed by atoms with Gasteiger partial charge in [0.1, 0.15) is 11.0 Å². The Balaban J connectivity index is 3.17. The van der Waals surface area contributed by atoms with Crippen LogP contribution in [0.15, 0.2) is 0 Å². The molecule has 0 aromatic rings. The van der Waals surface area contributed by atoms with E-state index < -0.39 is 11.2 Å². The highest BCUT2D eigenvalue weighted by molar-refractivity contribution is 7.91. The number of rotatable bonds is 3. The fourth-order valence-electron chi connectivity index (χ4n) is 0.378. The molecule has 0 N–H and O–H groups in total. The van der Waals surface area contributed by atoms with Crippen molar-refractivity contribution in [3.8, 4) is 0 Å². The second-order valence-corrected chi connectivity index (χ2v) is 4.10. The summed E-state index contributed by atoms with van der Waals surface area (Å²) in [4.78, 5) is 0. The van der Waals surface area contributed by atoms with Gasteiger partial charge in [0.25, 0.3) is 0 Å². The molecule has 0 spiro atoms. The van der Waals surface area contributed by atoms with Gasteiger partial charge in [0.2, 0.25) is 0 Å². The number of hydrogen-bond acceptors (Lipinski definition) is 1. The van der Waals surface area contributed by atoms with Gasteiger partial charge in [-0.3, -0.25) is 0 Å². The first-order valence-corrected chi connectivity index (χ1v) is 4.23. The van der Waals surface area contributed by atoms with E-state index in [2.05, 4.69) is 6.92 Å². The molecule has 1 atom stereocenters. The molecule has 49 valence electrons. The zero-order valence-corrected chi connectivity index (χ0v) is 6.33. The lowest BCUT2D eigenvalue weighted by Gasteiger charge is -2.12. The minimum atomic E-state index is -0.634. The van der Waals surface area contributed by atoms with Crippen LogP contribution in [-0.2, 0) is 11.2 Å². The minimum Gasteiger partial charge on any atom is -0.616 e. The van der Waals surface area contributed by atoms with Gasteiger partial charge in [0, 0.05) is 0 Å². The van der Waals surface area contributed by atoms with Crippen molar-refractivity contribution in [1.29, 1.82) is 0 Å². The van der Waals surface area contributed by atoms with E-state index in [1.165, 1.54) is 0 Å². The maximum atomic E-state index is 10.8. The molecule has 0 aliphatic heterocycles. The van der Waals surface area contributed by atoms with E-state index in [0.29, 0.717) is 5.25 Å². The molecule has 0 aromatic carbocycles. The van der Waals surface area contributed by atoms with Gasteiger partial charge in [-0.05, 0) is 27.2 Å². The van der Waals surface area contributed by atoms with Crippen LogP contribution in [0.2, 0.25) is 0 Å². The van der Waals surface area contributed by atoms with Crippen LogP contribution < -0.4 is 0 Å². The normalized spacial score (nSPS) is 14.6. The lowest BCUT2D eigenvalue weighted by molar-refractivity contribution is 0.586. The predicted octanol–water partition coefficient (Wildman–Crippen LogP) is 1.37. The first-order valence-electron chi connectivity index (χ1n) is 2.85.